The number of benzene rings is 1. The Bertz CT molecular complexity index is 1030. The fourth-order valence-corrected chi connectivity index (χ4v) is 2.95. The number of aromatic nitrogens is 3. The van der Waals surface area contributed by atoms with Gasteiger partial charge in [-0.1, -0.05) is 45.0 Å². The molecule has 6 heteroatoms. The molecule has 0 fully saturated rings. The van der Waals surface area contributed by atoms with Gasteiger partial charge in [-0.25, -0.2) is 14.5 Å². The summed E-state index contributed by atoms with van der Waals surface area (Å²) >= 11 is 0. The van der Waals surface area contributed by atoms with Gasteiger partial charge in [0, 0.05) is 17.5 Å². The molecule has 3 rings (SSSR count). The molecule has 0 N–H and O–H groups in total. The van der Waals surface area contributed by atoms with E-state index in [2.05, 4.69) is 30.9 Å². The number of ketones is 1. The molecule has 0 saturated carbocycles. The van der Waals surface area contributed by atoms with Crippen molar-refractivity contribution in [2.75, 3.05) is 6.61 Å². The Labute approximate surface area is 170 Å². The number of pyridine rings is 1. The first kappa shape index (κ1) is 20.5. The molecule has 1 aromatic carbocycles. The van der Waals surface area contributed by atoms with Gasteiger partial charge < -0.3 is 4.74 Å². The van der Waals surface area contributed by atoms with Crippen LogP contribution in [0.5, 0.6) is 0 Å². The maximum absolute atomic E-state index is 12.3. The van der Waals surface area contributed by atoms with E-state index in [1.165, 1.54) is 6.20 Å². The van der Waals surface area contributed by atoms with Crippen molar-refractivity contribution in [1.82, 2.24) is 14.8 Å². The van der Waals surface area contributed by atoms with Gasteiger partial charge in [-0.05, 0) is 43.0 Å². The van der Waals surface area contributed by atoms with E-state index >= 15 is 0 Å². The SMILES string of the molecule is Cc1cc(C)n(-c2ccc(C(=O)OCC(=O)c3ccc(C(C)(C)C)cc3)cn2)n1. The summed E-state index contributed by atoms with van der Waals surface area (Å²) in [5.74, 6) is -0.217. The minimum Gasteiger partial charge on any atom is -0.454 e. The van der Waals surface area contributed by atoms with E-state index < -0.39 is 5.97 Å². The number of carbonyl (C=O) groups is 2. The number of Topliss-reactive ketones (excluding diaryl/α,β-unsaturated/α-hetero) is 1. The Morgan fingerprint density at radius 2 is 1.66 bits per heavy atom. The van der Waals surface area contributed by atoms with Crippen LogP contribution in [0.2, 0.25) is 0 Å². The van der Waals surface area contributed by atoms with Gasteiger partial charge in [-0.15, -0.1) is 0 Å². The van der Waals surface area contributed by atoms with E-state index in [4.69, 9.17) is 4.74 Å². The number of esters is 1. The second-order valence-corrected chi connectivity index (χ2v) is 8.07. The third-order valence-corrected chi connectivity index (χ3v) is 4.62. The zero-order chi connectivity index (χ0) is 21.2. The van der Waals surface area contributed by atoms with E-state index in [9.17, 15) is 9.59 Å². The average Bonchev–Trinajstić information content (AvgIpc) is 3.03. The molecule has 0 aliphatic heterocycles. The lowest BCUT2D eigenvalue weighted by Crippen LogP contribution is -2.15. The number of hydrogen-bond donors (Lipinski definition) is 0. The topological polar surface area (TPSA) is 74.1 Å². The van der Waals surface area contributed by atoms with Crippen molar-refractivity contribution in [3.63, 3.8) is 0 Å². The molecule has 2 heterocycles. The summed E-state index contributed by atoms with van der Waals surface area (Å²) in [4.78, 5) is 28.8. The van der Waals surface area contributed by atoms with Crippen LogP contribution in [0.1, 0.15) is 58.4 Å². The Morgan fingerprint density at radius 3 is 2.17 bits per heavy atom. The molecule has 29 heavy (non-hydrogen) atoms. The maximum atomic E-state index is 12.3. The summed E-state index contributed by atoms with van der Waals surface area (Å²) in [5.41, 5.74) is 3.80. The van der Waals surface area contributed by atoms with Gasteiger partial charge in [0.05, 0.1) is 11.3 Å². The normalized spacial score (nSPS) is 11.3. The molecular formula is C23H25N3O3. The summed E-state index contributed by atoms with van der Waals surface area (Å²) in [6.45, 7) is 9.86. The van der Waals surface area contributed by atoms with Gasteiger partial charge in [0.1, 0.15) is 0 Å². The fourth-order valence-electron chi connectivity index (χ4n) is 2.95. The van der Waals surface area contributed by atoms with Gasteiger partial charge in [0.15, 0.2) is 18.2 Å². The smallest absolute Gasteiger partial charge is 0.340 e. The second kappa shape index (κ2) is 7.99. The van der Waals surface area contributed by atoms with Crippen LogP contribution >= 0.6 is 0 Å². The van der Waals surface area contributed by atoms with E-state index in [0.29, 0.717) is 11.4 Å². The lowest BCUT2D eigenvalue weighted by Gasteiger charge is -2.18. The lowest BCUT2D eigenvalue weighted by molar-refractivity contribution is 0.0474. The van der Waals surface area contributed by atoms with Crippen molar-refractivity contribution in [1.29, 1.82) is 0 Å². The Kier molecular flexibility index (Phi) is 5.64. The van der Waals surface area contributed by atoms with Crippen LogP contribution in [0.15, 0.2) is 48.7 Å². The third kappa shape index (κ3) is 4.77. The van der Waals surface area contributed by atoms with Gasteiger partial charge >= 0.3 is 5.97 Å². The zero-order valence-corrected chi connectivity index (χ0v) is 17.4. The fraction of sp³-hybridized carbons (Fsp3) is 0.304. The number of nitrogens with zero attached hydrogens (tertiary/aromatic N) is 3. The molecule has 3 aromatic rings. The minimum atomic E-state index is -0.586. The molecule has 0 atom stereocenters. The van der Waals surface area contributed by atoms with Crippen LogP contribution < -0.4 is 0 Å². The molecule has 150 valence electrons. The highest BCUT2D eigenvalue weighted by Gasteiger charge is 2.16. The molecule has 0 radical (unpaired) electrons. The number of rotatable bonds is 5. The van der Waals surface area contributed by atoms with Crippen molar-refractivity contribution in [3.05, 3.63) is 76.7 Å². The number of aryl methyl sites for hydroxylation is 2. The van der Waals surface area contributed by atoms with E-state index in [-0.39, 0.29) is 23.4 Å². The van der Waals surface area contributed by atoms with E-state index in [1.54, 1.807) is 28.9 Å². The second-order valence-electron chi connectivity index (χ2n) is 8.07. The van der Waals surface area contributed by atoms with Crippen LogP contribution in [-0.2, 0) is 10.2 Å². The molecular weight excluding hydrogens is 366 g/mol. The van der Waals surface area contributed by atoms with Gasteiger partial charge in [-0.3, -0.25) is 4.79 Å². The molecule has 6 nitrogen and oxygen atoms in total. The molecule has 0 amide bonds. The van der Waals surface area contributed by atoms with Crippen LogP contribution in [0.4, 0.5) is 0 Å². The van der Waals surface area contributed by atoms with Crippen molar-refractivity contribution in [3.8, 4) is 5.82 Å². The number of ether oxygens (including phenoxy) is 1. The van der Waals surface area contributed by atoms with Crippen LogP contribution in [0.25, 0.3) is 5.82 Å². The molecule has 0 spiro atoms. The van der Waals surface area contributed by atoms with Crippen molar-refractivity contribution >= 4 is 11.8 Å². The standard InChI is InChI=1S/C23H25N3O3/c1-15-12-16(2)26(25-15)21-11-8-18(13-24-21)22(28)29-14-20(27)17-6-9-19(10-7-17)23(3,4)5/h6-13H,14H2,1-5H3. The molecule has 0 saturated heterocycles. The van der Waals surface area contributed by atoms with Gasteiger partial charge in [-0.2, -0.15) is 5.10 Å². The van der Waals surface area contributed by atoms with E-state index in [1.807, 2.05) is 32.0 Å². The highest BCUT2D eigenvalue weighted by Crippen LogP contribution is 2.22. The Morgan fingerprint density at radius 1 is 1.00 bits per heavy atom. The Balaban J connectivity index is 1.61. The van der Waals surface area contributed by atoms with Crippen LogP contribution in [0, 0.1) is 13.8 Å². The summed E-state index contributed by atoms with van der Waals surface area (Å²) < 4.78 is 6.87. The minimum absolute atomic E-state index is 0.0145. The van der Waals surface area contributed by atoms with Crippen molar-refractivity contribution in [2.24, 2.45) is 0 Å². The highest BCUT2D eigenvalue weighted by atomic mass is 16.5. The molecule has 0 unspecified atom stereocenters. The van der Waals surface area contributed by atoms with E-state index in [0.717, 1.165) is 17.0 Å². The third-order valence-electron chi connectivity index (χ3n) is 4.62. The van der Waals surface area contributed by atoms with Gasteiger partial charge in [0.25, 0.3) is 0 Å². The largest absolute Gasteiger partial charge is 0.454 e. The van der Waals surface area contributed by atoms with Crippen molar-refractivity contribution < 1.29 is 14.3 Å². The van der Waals surface area contributed by atoms with Crippen molar-refractivity contribution in [2.45, 2.75) is 40.0 Å². The first-order chi connectivity index (χ1) is 13.6. The van der Waals surface area contributed by atoms with Gasteiger partial charge in [0.2, 0.25) is 0 Å². The number of carbonyl (C=O) groups excluding carboxylic acids is 2. The summed E-state index contributed by atoms with van der Waals surface area (Å²) in [7, 11) is 0. The van der Waals surface area contributed by atoms with Crippen LogP contribution in [0.3, 0.4) is 0 Å². The molecule has 0 aliphatic carbocycles. The summed E-state index contributed by atoms with van der Waals surface area (Å²) in [6, 6.07) is 12.6. The zero-order valence-electron chi connectivity index (χ0n) is 17.4. The molecule has 0 bridgehead atoms. The number of hydrogen-bond acceptors (Lipinski definition) is 5. The monoisotopic (exact) mass is 391 g/mol. The average molecular weight is 391 g/mol. The Hall–Kier alpha value is -3.28. The molecule has 2 aromatic heterocycles. The first-order valence-electron chi connectivity index (χ1n) is 9.46. The highest BCUT2D eigenvalue weighted by molar-refractivity contribution is 5.99. The lowest BCUT2D eigenvalue weighted by atomic mass is 9.86. The quantitative estimate of drug-likeness (QED) is 0.481. The predicted octanol–water partition coefficient (Wildman–Crippen LogP) is 4.22. The summed E-state index contributed by atoms with van der Waals surface area (Å²) in [5, 5.41) is 4.36. The molecule has 0 aliphatic rings. The predicted molar refractivity (Wildman–Crippen MR) is 111 cm³/mol. The first-order valence-corrected chi connectivity index (χ1v) is 9.46. The van der Waals surface area contributed by atoms with Crippen LogP contribution in [-0.4, -0.2) is 33.1 Å². The maximum Gasteiger partial charge on any atom is 0.340 e. The summed E-state index contributed by atoms with van der Waals surface area (Å²) in [6.07, 6.45) is 1.43.